The van der Waals surface area contributed by atoms with E-state index in [1.807, 2.05) is 71.4 Å². The van der Waals surface area contributed by atoms with E-state index in [0.29, 0.717) is 20.8 Å². The van der Waals surface area contributed by atoms with Gasteiger partial charge in [0.1, 0.15) is 6.04 Å². The number of pyridine rings is 1. The minimum Gasteiger partial charge on any atom is -0.351 e. The van der Waals surface area contributed by atoms with Gasteiger partial charge in [0.2, 0.25) is 5.91 Å². The maximum Gasteiger partial charge on any atom is 0.221 e. The number of aromatic nitrogens is 2. The van der Waals surface area contributed by atoms with Crippen LogP contribution >= 0.6 is 35.4 Å². The Kier molecular flexibility index (Phi) is 6.47. The van der Waals surface area contributed by atoms with Crippen molar-refractivity contribution in [2.75, 3.05) is 10.2 Å². The number of carbonyl (C=O) groups excluding carboxylic acids is 1. The Morgan fingerprint density at radius 2 is 1.86 bits per heavy atom. The minimum absolute atomic E-state index is 0.123. The molecule has 1 aliphatic heterocycles. The highest BCUT2D eigenvalue weighted by atomic mass is 35.5. The summed E-state index contributed by atoms with van der Waals surface area (Å²) in [5.41, 5.74) is 4.26. The Morgan fingerprint density at radius 1 is 1.06 bits per heavy atom. The third kappa shape index (κ3) is 4.62. The number of hydrogen-bond acceptors (Lipinski definition) is 3. The Hall–Kier alpha value is -3.39. The first-order valence-electron chi connectivity index (χ1n) is 10.9. The van der Waals surface area contributed by atoms with Gasteiger partial charge in [-0.25, -0.2) is 0 Å². The summed E-state index contributed by atoms with van der Waals surface area (Å²) < 4.78 is 2.05. The molecule has 0 bridgehead atoms. The zero-order chi connectivity index (χ0) is 24.5. The van der Waals surface area contributed by atoms with Crippen molar-refractivity contribution >= 4 is 57.8 Å². The predicted octanol–water partition coefficient (Wildman–Crippen LogP) is 6.31. The van der Waals surface area contributed by atoms with E-state index in [9.17, 15) is 4.79 Å². The van der Waals surface area contributed by atoms with Gasteiger partial charge in [-0.3, -0.25) is 9.78 Å². The number of carbonyl (C=O) groups is 1. The van der Waals surface area contributed by atoms with Gasteiger partial charge >= 0.3 is 0 Å². The van der Waals surface area contributed by atoms with E-state index in [-0.39, 0.29) is 18.0 Å². The van der Waals surface area contributed by atoms with Gasteiger partial charge in [0.05, 0.1) is 22.4 Å². The molecule has 4 aromatic rings. The molecule has 0 unspecified atom stereocenters. The van der Waals surface area contributed by atoms with Crippen LogP contribution in [0.4, 0.5) is 11.4 Å². The normalized spacial score (nSPS) is 17.3. The van der Waals surface area contributed by atoms with Crippen molar-refractivity contribution in [2.24, 2.45) is 0 Å². The van der Waals surface area contributed by atoms with Crippen LogP contribution in [0, 0.1) is 0 Å². The molecule has 1 aliphatic rings. The molecule has 1 fully saturated rings. The summed E-state index contributed by atoms with van der Waals surface area (Å²) in [6.45, 7) is 1.48. The number of benzene rings is 2. The van der Waals surface area contributed by atoms with E-state index >= 15 is 0 Å². The number of hydrogen-bond donors (Lipinski definition) is 2. The Balaban J connectivity index is 1.63. The number of nitrogens with one attached hydrogen (secondary N) is 2. The van der Waals surface area contributed by atoms with Crippen LogP contribution in [0.5, 0.6) is 0 Å². The number of rotatable bonds is 5. The Morgan fingerprint density at radius 3 is 2.54 bits per heavy atom. The molecule has 0 aliphatic carbocycles. The lowest BCUT2D eigenvalue weighted by Crippen LogP contribution is -2.30. The van der Waals surface area contributed by atoms with Gasteiger partial charge in [-0.05, 0) is 78.9 Å². The van der Waals surface area contributed by atoms with Crippen LogP contribution in [-0.4, -0.2) is 20.6 Å². The minimum atomic E-state index is -0.231. The fourth-order valence-corrected chi connectivity index (χ4v) is 5.22. The molecule has 2 N–H and O–H groups in total. The first-order valence-corrected chi connectivity index (χ1v) is 12.1. The monoisotopic (exact) mass is 521 g/mol. The van der Waals surface area contributed by atoms with E-state index in [1.54, 1.807) is 12.3 Å². The molecule has 2 aromatic heterocycles. The van der Waals surface area contributed by atoms with Crippen molar-refractivity contribution in [3.05, 3.63) is 107 Å². The Labute approximate surface area is 218 Å². The van der Waals surface area contributed by atoms with E-state index in [0.717, 1.165) is 22.8 Å². The molecule has 35 heavy (non-hydrogen) atoms. The SMILES string of the molecule is CC(=O)Nc1ccc(N2C(=S)N[C@H](c3ccccn3)[C@@H]2c2cccn2-c2ccc(Cl)cc2Cl)cc1. The second-order valence-corrected chi connectivity index (χ2v) is 9.35. The van der Waals surface area contributed by atoms with Crippen molar-refractivity contribution in [1.29, 1.82) is 0 Å². The highest BCUT2D eigenvalue weighted by Gasteiger charge is 2.42. The molecule has 0 radical (unpaired) electrons. The molecule has 176 valence electrons. The van der Waals surface area contributed by atoms with Crippen LogP contribution < -0.4 is 15.5 Å². The largest absolute Gasteiger partial charge is 0.351 e. The summed E-state index contributed by atoms with van der Waals surface area (Å²) in [5.74, 6) is -0.123. The van der Waals surface area contributed by atoms with Gasteiger partial charge < -0.3 is 20.1 Å². The molecule has 2 aromatic carbocycles. The summed E-state index contributed by atoms with van der Waals surface area (Å²) in [4.78, 5) is 18.1. The van der Waals surface area contributed by atoms with Crippen molar-refractivity contribution in [3.63, 3.8) is 0 Å². The average molecular weight is 522 g/mol. The van der Waals surface area contributed by atoms with Crippen LogP contribution in [0.15, 0.2) is 85.2 Å². The topological polar surface area (TPSA) is 62.2 Å². The van der Waals surface area contributed by atoms with Gasteiger partial charge in [-0.2, -0.15) is 0 Å². The molecule has 0 spiro atoms. The summed E-state index contributed by atoms with van der Waals surface area (Å²) in [6.07, 6.45) is 3.75. The van der Waals surface area contributed by atoms with Crippen molar-refractivity contribution in [2.45, 2.75) is 19.0 Å². The summed E-state index contributed by atoms with van der Waals surface area (Å²) in [7, 11) is 0. The van der Waals surface area contributed by atoms with E-state index in [4.69, 9.17) is 35.4 Å². The highest BCUT2D eigenvalue weighted by molar-refractivity contribution is 7.80. The molecule has 3 heterocycles. The quantitative estimate of drug-likeness (QED) is 0.301. The lowest BCUT2D eigenvalue weighted by molar-refractivity contribution is -0.114. The molecule has 9 heteroatoms. The summed E-state index contributed by atoms with van der Waals surface area (Å²) in [6, 6.07) is 22.5. The van der Waals surface area contributed by atoms with Gasteiger partial charge in [0, 0.05) is 41.4 Å². The third-order valence-electron chi connectivity index (χ3n) is 5.82. The van der Waals surface area contributed by atoms with Crippen LogP contribution in [0.25, 0.3) is 5.69 Å². The number of amides is 1. The molecule has 0 saturated carbocycles. The van der Waals surface area contributed by atoms with Crippen LogP contribution in [-0.2, 0) is 4.79 Å². The van der Waals surface area contributed by atoms with E-state index in [2.05, 4.69) is 26.6 Å². The third-order valence-corrected chi connectivity index (χ3v) is 6.67. The molecule has 5 rings (SSSR count). The van der Waals surface area contributed by atoms with Crippen LogP contribution in [0.1, 0.15) is 30.4 Å². The number of nitrogens with zero attached hydrogens (tertiary/aromatic N) is 3. The first kappa shape index (κ1) is 23.4. The molecule has 2 atom stereocenters. The van der Waals surface area contributed by atoms with E-state index < -0.39 is 0 Å². The maximum atomic E-state index is 11.5. The summed E-state index contributed by atoms with van der Waals surface area (Å²) >= 11 is 18.6. The smallest absolute Gasteiger partial charge is 0.221 e. The highest BCUT2D eigenvalue weighted by Crippen LogP contribution is 2.43. The maximum absolute atomic E-state index is 11.5. The number of thiocarbonyl (C=S) groups is 1. The molecule has 6 nitrogen and oxygen atoms in total. The average Bonchev–Trinajstić information content (AvgIpc) is 3.44. The molecular weight excluding hydrogens is 501 g/mol. The van der Waals surface area contributed by atoms with Crippen molar-refractivity contribution in [1.82, 2.24) is 14.9 Å². The molecule has 1 saturated heterocycles. The zero-order valence-corrected chi connectivity index (χ0v) is 21.0. The lowest BCUT2D eigenvalue weighted by Gasteiger charge is -2.29. The fraction of sp³-hybridized carbons (Fsp3) is 0.115. The summed E-state index contributed by atoms with van der Waals surface area (Å²) in [5, 5.41) is 7.96. The number of anilines is 2. The second kappa shape index (κ2) is 9.70. The predicted molar refractivity (Wildman–Crippen MR) is 144 cm³/mol. The Bertz CT molecular complexity index is 1390. The van der Waals surface area contributed by atoms with E-state index in [1.165, 1.54) is 6.92 Å². The van der Waals surface area contributed by atoms with Crippen LogP contribution in [0.3, 0.4) is 0 Å². The van der Waals surface area contributed by atoms with Gasteiger partial charge in [0.25, 0.3) is 0 Å². The van der Waals surface area contributed by atoms with Crippen LogP contribution in [0.2, 0.25) is 10.0 Å². The first-order chi connectivity index (χ1) is 16.9. The van der Waals surface area contributed by atoms with Gasteiger partial charge in [-0.1, -0.05) is 29.3 Å². The van der Waals surface area contributed by atoms with Gasteiger partial charge in [-0.15, -0.1) is 0 Å². The van der Waals surface area contributed by atoms with Crippen molar-refractivity contribution < 1.29 is 4.79 Å². The van der Waals surface area contributed by atoms with Gasteiger partial charge in [0.15, 0.2) is 5.11 Å². The number of halogens is 2. The van der Waals surface area contributed by atoms with Crippen molar-refractivity contribution in [3.8, 4) is 5.69 Å². The fourth-order valence-electron chi connectivity index (χ4n) is 4.37. The second-order valence-electron chi connectivity index (χ2n) is 8.12. The standard InChI is InChI=1S/C26H21Cl2N5OS/c1-16(34)30-18-8-10-19(11-9-18)33-25(24(31-26(33)35)21-5-2-3-13-29-21)23-6-4-14-32(23)22-12-7-17(27)15-20(22)28/h2-15,24-25H,1H3,(H,30,34)(H,31,35)/t24-,25+/m1/s1. The molecular formula is C26H21Cl2N5OS. The zero-order valence-electron chi connectivity index (χ0n) is 18.7. The molecule has 1 amide bonds. The lowest BCUT2D eigenvalue weighted by atomic mass is 10.0.